The van der Waals surface area contributed by atoms with Gasteiger partial charge in [0.2, 0.25) is 0 Å². The summed E-state index contributed by atoms with van der Waals surface area (Å²) in [5, 5.41) is 24.8. The number of carbonyl (C=O) groups is 1. The molecule has 2 heterocycles. The first-order valence-electron chi connectivity index (χ1n) is 8.85. The van der Waals surface area contributed by atoms with Crippen LogP contribution >= 0.6 is 0 Å². The Morgan fingerprint density at radius 3 is 2.76 bits per heavy atom. The van der Waals surface area contributed by atoms with Crippen LogP contribution in [-0.2, 0) is 12.1 Å². The zero-order chi connectivity index (χ0) is 17.1. The molecule has 132 valence electrons. The predicted octanol–water partition coefficient (Wildman–Crippen LogP) is 1.24. The molecule has 6 rings (SSSR count). The van der Waals surface area contributed by atoms with E-state index >= 15 is 0 Å². The topological polar surface area (TPSA) is 106 Å². The third kappa shape index (κ3) is 2.31. The van der Waals surface area contributed by atoms with Crippen molar-refractivity contribution in [1.29, 1.82) is 0 Å². The molecule has 0 saturated heterocycles. The van der Waals surface area contributed by atoms with Gasteiger partial charge in [-0.3, -0.25) is 4.79 Å². The lowest BCUT2D eigenvalue weighted by Crippen LogP contribution is -2.66. The van der Waals surface area contributed by atoms with Gasteiger partial charge in [0.15, 0.2) is 12.1 Å². The second-order valence-corrected chi connectivity index (χ2v) is 8.07. The first-order chi connectivity index (χ1) is 12.1. The Morgan fingerprint density at radius 2 is 2.12 bits per heavy atom. The van der Waals surface area contributed by atoms with E-state index < -0.39 is 0 Å². The van der Waals surface area contributed by atoms with Crippen LogP contribution in [0, 0.1) is 11.8 Å². The molecule has 2 aromatic heterocycles. The monoisotopic (exact) mass is 343 g/mol. The SMILES string of the molecule is O=C(NC12C[C@H]3C[C@@H](C1)CC(n1ncnn1)(C3)C2)c1ccc(CO)o1. The molecule has 0 aliphatic heterocycles. The predicted molar refractivity (Wildman–Crippen MR) is 85.3 cm³/mol. The van der Waals surface area contributed by atoms with Crippen molar-refractivity contribution >= 4 is 5.91 Å². The highest BCUT2D eigenvalue weighted by atomic mass is 16.4. The lowest BCUT2D eigenvalue weighted by molar-refractivity contribution is -0.0812. The molecule has 1 amide bonds. The maximum absolute atomic E-state index is 12.7. The zero-order valence-corrected chi connectivity index (χ0v) is 13.9. The van der Waals surface area contributed by atoms with Gasteiger partial charge in [-0.05, 0) is 67.7 Å². The highest BCUT2D eigenvalue weighted by Crippen LogP contribution is 2.60. The van der Waals surface area contributed by atoms with Gasteiger partial charge in [-0.1, -0.05) is 0 Å². The number of rotatable bonds is 4. The van der Waals surface area contributed by atoms with Crippen LogP contribution in [0.5, 0.6) is 0 Å². The molecule has 4 aliphatic rings. The zero-order valence-electron chi connectivity index (χ0n) is 13.9. The summed E-state index contributed by atoms with van der Waals surface area (Å²) >= 11 is 0. The average molecular weight is 343 g/mol. The van der Waals surface area contributed by atoms with E-state index in [0.717, 1.165) is 32.1 Å². The largest absolute Gasteiger partial charge is 0.453 e. The van der Waals surface area contributed by atoms with E-state index in [1.807, 2.05) is 0 Å². The standard InChI is InChI=1S/C17H21N5O3/c23-8-13-1-2-14(25-13)15(24)20-16-4-11-3-12(5-16)7-17(6-11,9-16)22-19-10-18-21-22/h1-2,10-12,23H,3-9H2,(H,20,24)/t11-,12+,16?,17?. The van der Waals surface area contributed by atoms with Crippen LogP contribution in [0.15, 0.2) is 22.9 Å². The van der Waals surface area contributed by atoms with Crippen LogP contribution in [0.1, 0.15) is 54.8 Å². The van der Waals surface area contributed by atoms with Gasteiger partial charge >= 0.3 is 0 Å². The Kier molecular flexibility index (Phi) is 3.10. The molecule has 4 atom stereocenters. The first kappa shape index (κ1) is 15.1. The fourth-order valence-electron chi connectivity index (χ4n) is 5.87. The number of furan rings is 1. The third-order valence-corrected chi connectivity index (χ3v) is 6.22. The van der Waals surface area contributed by atoms with Crippen molar-refractivity contribution in [2.75, 3.05) is 0 Å². The molecular formula is C17H21N5O3. The van der Waals surface area contributed by atoms with Crippen LogP contribution in [0.4, 0.5) is 0 Å². The van der Waals surface area contributed by atoms with E-state index in [-0.39, 0.29) is 29.4 Å². The van der Waals surface area contributed by atoms with Crippen LogP contribution in [0.25, 0.3) is 0 Å². The number of nitrogens with one attached hydrogen (secondary N) is 1. The summed E-state index contributed by atoms with van der Waals surface area (Å²) in [5.74, 6) is 1.62. The van der Waals surface area contributed by atoms with E-state index in [4.69, 9.17) is 9.52 Å². The molecular weight excluding hydrogens is 322 g/mol. The van der Waals surface area contributed by atoms with Gasteiger partial charge in [0.1, 0.15) is 12.4 Å². The minimum absolute atomic E-state index is 0.132. The van der Waals surface area contributed by atoms with E-state index in [2.05, 4.69) is 20.7 Å². The summed E-state index contributed by atoms with van der Waals surface area (Å²) in [7, 11) is 0. The van der Waals surface area contributed by atoms with Crippen molar-refractivity contribution in [3.8, 4) is 0 Å². The van der Waals surface area contributed by atoms with Crippen molar-refractivity contribution in [2.24, 2.45) is 11.8 Å². The number of aliphatic hydroxyl groups is 1. The van der Waals surface area contributed by atoms with Crippen molar-refractivity contribution < 1.29 is 14.3 Å². The molecule has 2 unspecified atom stereocenters. The Balaban J connectivity index is 1.44. The van der Waals surface area contributed by atoms with Gasteiger partial charge in [0.25, 0.3) is 5.91 Å². The van der Waals surface area contributed by atoms with Crippen LogP contribution in [-0.4, -0.2) is 36.8 Å². The smallest absolute Gasteiger partial charge is 0.287 e. The van der Waals surface area contributed by atoms with Crippen LogP contribution < -0.4 is 5.32 Å². The second kappa shape index (κ2) is 5.14. The molecule has 2 N–H and O–H groups in total. The fourth-order valence-corrected chi connectivity index (χ4v) is 5.87. The Labute approximate surface area is 144 Å². The van der Waals surface area contributed by atoms with Gasteiger partial charge in [0.05, 0.1) is 5.54 Å². The normalized spacial score (nSPS) is 35.9. The van der Waals surface area contributed by atoms with E-state index in [9.17, 15) is 4.79 Å². The maximum Gasteiger partial charge on any atom is 0.287 e. The number of nitrogens with zero attached hydrogens (tertiary/aromatic N) is 4. The van der Waals surface area contributed by atoms with E-state index in [1.54, 1.807) is 16.9 Å². The lowest BCUT2D eigenvalue weighted by Gasteiger charge is -2.61. The number of hydrogen-bond acceptors (Lipinski definition) is 6. The number of tetrazole rings is 1. The maximum atomic E-state index is 12.7. The highest BCUT2D eigenvalue weighted by molar-refractivity contribution is 5.92. The fraction of sp³-hybridized carbons (Fsp3) is 0.647. The quantitative estimate of drug-likeness (QED) is 0.865. The number of amides is 1. The number of carbonyl (C=O) groups excluding carboxylic acids is 1. The third-order valence-electron chi connectivity index (χ3n) is 6.22. The van der Waals surface area contributed by atoms with E-state index in [0.29, 0.717) is 17.6 Å². The molecule has 2 aromatic rings. The number of aromatic nitrogens is 4. The first-order valence-corrected chi connectivity index (χ1v) is 8.85. The molecule has 4 aliphatic carbocycles. The molecule has 25 heavy (non-hydrogen) atoms. The Morgan fingerprint density at radius 1 is 1.32 bits per heavy atom. The number of hydrogen-bond donors (Lipinski definition) is 2. The molecule has 4 bridgehead atoms. The van der Waals surface area contributed by atoms with Crippen molar-refractivity contribution in [3.63, 3.8) is 0 Å². The van der Waals surface area contributed by atoms with Crippen LogP contribution in [0.3, 0.4) is 0 Å². The Hall–Kier alpha value is -2.22. The summed E-state index contributed by atoms with van der Waals surface area (Å²) in [6.45, 7) is -0.205. The van der Waals surface area contributed by atoms with Gasteiger partial charge in [-0.15, -0.1) is 10.2 Å². The molecule has 0 spiro atoms. The van der Waals surface area contributed by atoms with Crippen molar-refractivity contribution in [3.05, 3.63) is 30.0 Å². The van der Waals surface area contributed by atoms with E-state index in [1.165, 1.54) is 12.7 Å². The van der Waals surface area contributed by atoms with Crippen LogP contribution in [0.2, 0.25) is 0 Å². The summed E-state index contributed by atoms with van der Waals surface area (Å²) in [4.78, 5) is 14.5. The molecule has 8 heteroatoms. The van der Waals surface area contributed by atoms with Gasteiger partial charge in [0, 0.05) is 5.54 Å². The van der Waals surface area contributed by atoms with Crippen molar-refractivity contribution in [2.45, 2.75) is 56.2 Å². The molecule has 0 radical (unpaired) electrons. The second-order valence-electron chi connectivity index (χ2n) is 8.07. The highest BCUT2D eigenvalue weighted by Gasteiger charge is 2.60. The Bertz CT molecular complexity index is 785. The minimum atomic E-state index is -0.235. The summed E-state index contributed by atoms with van der Waals surface area (Å²) in [5.41, 5.74) is -0.367. The molecule has 8 nitrogen and oxygen atoms in total. The summed E-state index contributed by atoms with van der Waals surface area (Å²) in [6.07, 6.45) is 7.67. The summed E-state index contributed by atoms with van der Waals surface area (Å²) in [6, 6.07) is 3.26. The molecule has 0 aromatic carbocycles. The van der Waals surface area contributed by atoms with Gasteiger partial charge in [-0.2, -0.15) is 4.80 Å². The summed E-state index contributed by atoms with van der Waals surface area (Å²) < 4.78 is 5.40. The molecule has 4 saturated carbocycles. The minimum Gasteiger partial charge on any atom is -0.453 e. The molecule has 4 fully saturated rings. The average Bonchev–Trinajstić information content (AvgIpc) is 3.25. The lowest BCUT2D eigenvalue weighted by atomic mass is 9.50. The number of aliphatic hydroxyl groups excluding tert-OH is 1. The van der Waals surface area contributed by atoms with Gasteiger partial charge < -0.3 is 14.8 Å². The van der Waals surface area contributed by atoms with Gasteiger partial charge in [-0.25, -0.2) is 0 Å². The van der Waals surface area contributed by atoms with Crippen molar-refractivity contribution in [1.82, 2.24) is 25.5 Å².